The van der Waals surface area contributed by atoms with Gasteiger partial charge < -0.3 is 14.6 Å². The van der Waals surface area contributed by atoms with Crippen LogP contribution in [0.15, 0.2) is 54.6 Å². The number of hydrogen-bond acceptors (Lipinski definition) is 3. The highest BCUT2D eigenvalue weighted by Crippen LogP contribution is 2.26. The Bertz CT molecular complexity index is 941. The fraction of sp³-hybridized carbons (Fsp3) is 0.417. The second kappa shape index (κ2) is 9.23. The molecule has 154 valence electrons. The summed E-state index contributed by atoms with van der Waals surface area (Å²) in [5, 5.41) is 11.0. The summed E-state index contributed by atoms with van der Waals surface area (Å²) in [5.41, 5.74) is 2.40. The number of fused-ring (bicyclic) bond motifs is 1. The Morgan fingerprint density at radius 3 is 2.21 bits per heavy atom. The average Bonchev–Trinajstić information content (AvgIpc) is 3.12. The molecule has 0 saturated heterocycles. The topological polar surface area (TPSA) is 58.4 Å². The molecule has 1 aromatic heterocycles. The number of aromatic nitrogens is 2. The summed E-state index contributed by atoms with van der Waals surface area (Å²) in [6.07, 6.45) is 0.914. The average molecular weight is 394 g/mol. The fourth-order valence-corrected chi connectivity index (χ4v) is 3.79. The number of rotatable bonds is 8. The minimum atomic E-state index is -0.892. The minimum Gasteiger partial charge on any atom is -0.380 e. The van der Waals surface area contributed by atoms with Crippen molar-refractivity contribution in [3.63, 3.8) is 0 Å². The summed E-state index contributed by atoms with van der Waals surface area (Å²) in [5.74, 6) is 0.553. The zero-order valence-electron chi connectivity index (χ0n) is 17.7. The maximum Gasteiger partial charge on any atom is 0.243 e. The Kier molecular flexibility index (Phi) is 6.70. The standard InChI is InChI=1S/C24H31N3O2/c1-5-17(3)27(18(4)6-2)22(28)16-26-21-15-11-10-14-20(21)25-24(26)23(29)19-12-8-7-9-13-19/h7-15,17-18,23,29H,5-6,16H2,1-4H3. The van der Waals surface area contributed by atoms with E-state index in [-0.39, 0.29) is 24.5 Å². The molecule has 1 heterocycles. The van der Waals surface area contributed by atoms with Crippen molar-refractivity contribution < 1.29 is 9.90 Å². The minimum absolute atomic E-state index is 0.0540. The van der Waals surface area contributed by atoms with Gasteiger partial charge in [-0.3, -0.25) is 4.79 Å². The fourth-order valence-electron chi connectivity index (χ4n) is 3.79. The van der Waals surface area contributed by atoms with E-state index in [1.165, 1.54) is 0 Å². The van der Waals surface area contributed by atoms with Crippen LogP contribution in [0.5, 0.6) is 0 Å². The van der Waals surface area contributed by atoms with E-state index < -0.39 is 6.10 Å². The molecule has 5 nitrogen and oxygen atoms in total. The van der Waals surface area contributed by atoms with E-state index in [9.17, 15) is 9.90 Å². The van der Waals surface area contributed by atoms with Crippen LogP contribution < -0.4 is 0 Å². The number of hydrogen-bond donors (Lipinski definition) is 1. The SMILES string of the molecule is CCC(C)N(C(=O)Cn1c(C(O)c2ccccc2)nc2ccccc21)C(C)CC. The van der Waals surface area contributed by atoms with E-state index in [1.807, 2.05) is 64.1 Å². The number of benzene rings is 2. The highest BCUT2D eigenvalue weighted by atomic mass is 16.3. The number of aliphatic hydroxyl groups is 1. The van der Waals surface area contributed by atoms with Crippen LogP contribution in [-0.4, -0.2) is 37.5 Å². The van der Waals surface area contributed by atoms with E-state index in [0.29, 0.717) is 5.82 Å². The van der Waals surface area contributed by atoms with Crippen molar-refractivity contribution in [2.45, 2.75) is 65.3 Å². The molecule has 29 heavy (non-hydrogen) atoms. The molecule has 0 aliphatic rings. The summed E-state index contributed by atoms with van der Waals surface area (Å²) < 4.78 is 1.87. The lowest BCUT2D eigenvalue weighted by Crippen LogP contribution is -2.46. The van der Waals surface area contributed by atoms with Gasteiger partial charge in [0, 0.05) is 12.1 Å². The highest BCUT2D eigenvalue weighted by molar-refractivity contribution is 5.81. The Balaban J connectivity index is 2.02. The maximum atomic E-state index is 13.4. The molecule has 3 atom stereocenters. The summed E-state index contributed by atoms with van der Waals surface area (Å²) in [7, 11) is 0. The third-order valence-electron chi connectivity index (χ3n) is 5.76. The highest BCUT2D eigenvalue weighted by Gasteiger charge is 2.27. The first-order chi connectivity index (χ1) is 14.0. The molecule has 1 N–H and O–H groups in total. The van der Waals surface area contributed by atoms with Crippen LogP contribution in [0.1, 0.15) is 58.0 Å². The lowest BCUT2D eigenvalue weighted by Gasteiger charge is -2.34. The van der Waals surface area contributed by atoms with Gasteiger partial charge in [0.15, 0.2) is 0 Å². The molecule has 3 rings (SSSR count). The zero-order valence-corrected chi connectivity index (χ0v) is 17.7. The molecule has 0 spiro atoms. The van der Waals surface area contributed by atoms with Crippen LogP contribution in [0.4, 0.5) is 0 Å². The van der Waals surface area contributed by atoms with E-state index in [4.69, 9.17) is 0 Å². The third-order valence-corrected chi connectivity index (χ3v) is 5.76. The molecule has 0 aliphatic heterocycles. The van der Waals surface area contributed by atoms with Crippen molar-refractivity contribution in [3.05, 3.63) is 66.0 Å². The molecular formula is C24H31N3O2. The van der Waals surface area contributed by atoms with Crippen molar-refractivity contribution in [2.24, 2.45) is 0 Å². The first-order valence-corrected chi connectivity index (χ1v) is 10.5. The van der Waals surface area contributed by atoms with Crippen molar-refractivity contribution >= 4 is 16.9 Å². The van der Waals surface area contributed by atoms with Gasteiger partial charge in [0.25, 0.3) is 0 Å². The van der Waals surface area contributed by atoms with Gasteiger partial charge in [0.1, 0.15) is 18.5 Å². The van der Waals surface area contributed by atoms with Gasteiger partial charge in [-0.1, -0.05) is 56.3 Å². The summed E-state index contributed by atoms with van der Waals surface area (Å²) in [6, 6.07) is 17.5. The zero-order chi connectivity index (χ0) is 21.0. The van der Waals surface area contributed by atoms with E-state index >= 15 is 0 Å². The van der Waals surface area contributed by atoms with Crippen molar-refractivity contribution in [3.8, 4) is 0 Å². The van der Waals surface area contributed by atoms with Crippen LogP contribution in [0.2, 0.25) is 0 Å². The first kappa shape index (κ1) is 21.1. The van der Waals surface area contributed by atoms with Gasteiger partial charge in [-0.05, 0) is 44.4 Å². The Morgan fingerprint density at radius 2 is 1.59 bits per heavy atom. The van der Waals surface area contributed by atoms with E-state index in [1.54, 1.807) is 0 Å². The summed E-state index contributed by atoms with van der Waals surface area (Å²) in [4.78, 5) is 20.0. The third kappa shape index (κ3) is 4.35. The van der Waals surface area contributed by atoms with Crippen molar-refractivity contribution in [1.29, 1.82) is 0 Å². The van der Waals surface area contributed by atoms with Crippen molar-refractivity contribution in [2.75, 3.05) is 0 Å². The van der Waals surface area contributed by atoms with Gasteiger partial charge >= 0.3 is 0 Å². The number of nitrogens with zero attached hydrogens (tertiary/aromatic N) is 3. The molecule has 3 aromatic rings. The van der Waals surface area contributed by atoms with Crippen LogP contribution in [0, 0.1) is 0 Å². The predicted octanol–water partition coefficient (Wildman–Crippen LogP) is 4.54. The Hall–Kier alpha value is -2.66. The van der Waals surface area contributed by atoms with Gasteiger partial charge in [-0.15, -0.1) is 0 Å². The van der Waals surface area contributed by atoms with Crippen LogP contribution in [0.3, 0.4) is 0 Å². The number of amides is 1. The molecule has 5 heteroatoms. The largest absolute Gasteiger partial charge is 0.380 e. The quantitative estimate of drug-likeness (QED) is 0.611. The van der Waals surface area contributed by atoms with Gasteiger partial charge in [-0.2, -0.15) is 0 Å². The second-order valence-electron chi connectivity index (χ2n) is 7.67. The molecule has 3 unspecified atom stereocenters. The normalized spacial score (nSPS) is 14.5. The molecule has 0 aliphatic carbocycles. The molecule has 2 aromatic carbocycles. The number of para-hydroxylation sites is 2. The maximum absolute atomic E-state index is 13.4. The number of carbonyl (C=O) groups excluding carboxylic acids is 1. The number of aliphatic hydroxyl groups excluding tert-OH is 1. The van der Waals surface area contributed by atoms with Gasteiger partial charge in [0.05, 0.1) is 11.0 Å². The predicted molar refractivity (Wildman–Crippen MR) is 117 cm³/mol. The molecular weight excluding hydrogens is 362 g/mol. The molecule has 0 radical (unpaired) electrons. The van der Waals surface area contributed by atoms with Gasteiger partial charge in [-0.25, -0.2) is 4.98 Å². The molecule has 0 fully saturated rings. The lowest BCUT2D eigenvalue weighted by atomic mass is 10.1. The van der Waals surface area contributed by atoms with E-state index in [2.05, 4.69) is 32.7 Å². The molecule has 1 amide bonds. The number of imidazole rings is 1. The molecule has 0 bridgehead atoms. The van der Waals surface area contributed by atoms with Crippen LogP contribution in [0.25, 0.3) is 11.0 Å². The lowest BCUT2D eigenvalue weighted by molar-refractivity contribution is -0.136. The molecule has 0 saturated carbocycles. The summed E-state index contributed by atoms with van der Waals surface area (Å²) >= 11 is 0. The Morgan fingerprint density at radius 1 is 1.00 bits per heavy atom. The summed E-state index contributed by atoms with van der Waals surface area (Å²) in [6.45, 7) is 8.55. The Labute approximate surface area is 173 Å². The smallest absolute Gasteiger partial charge is 0.243 e. The van der Waals surface area contributed by atoms with Crippen molar-refractivity contribution in [1.82, 2.24) is 14.5 Å². The van der Waals surface area contributed by atoms with Crippen LogP contribution in [-0.2, 0) is 11.3 Å². The van der Waals surface area contributed by atoms with E-state index in [0.717, 1.165) is 29.4 Å². The first-order valence-electron chi connectivity index (χ1n) is 10.5. The van der Waals surface area contributed by atoms with Gasteiger partial charge in [0.2, 0.25) is 5.91 Å². The number of carbonyl (C=O) groups is 1. The van der Waals surface area contributed by atoms with Crippen LogP contribution >= 0.6 is 0 Å². The monoisotopic (exact) mass is 393 g/mol. The second-order valence-corrected chi connectivity index (χ2v) is 7.67.